The number of hydrogen-bond acceptors (Lipinski definition) is 5. The van der Waals surface area contributed by atoms with E-state index in [1.54, 1.807) is 54.6 Å². The van der Waals surface area contributed by atoms with Crippen LogP contribution in [0.1, 0.15) is 11.1 Å². The minimum Gasteiger partial charge on any atom is -0.504 e. The molecule has 0 spiro atoms. The lowest BCUT2D eigenvalue weighted by atomic mass is 10.0. The molecule has 1 heterocycles. The maximum atomic E-state index is 12.2. The van der Waals surface area contributed by atoms with E-state index >= 15 is 0 Å². The summed E-state index contributed by atoms with van der Waals surface area (Å²) in [4.78, 5) is 23.9. The van der Waals surface area contributed by atoms with Crippen molar-refractivity contribution in [2.45, 2.75) is 0 Å². The molecular weight excluding hydrogens is 324 g/mol. The first kappa shape index (κ1) is 16.3. The zero-order valence-electron chi connectivity index (χ0n) is 13.2. The summed E-state index contributed by atoms with van der Waals surface area (Å²) >= 11 is 0. The van der Waals surface area contributed by atoms with E-state index in [9.17, 15) is 19.8 Å². The fourth-order valence-electron chi connectivity index (χ4n) is 2.54. The Morgan fingerprint density at radius 1 is 1.04 bits per heavy atom. The lowest BCUT2D eigenvalue weighted by Crippen LogP contribution is -2.06. The van der Waals surface area contributed by atoms with Crippen molar-refractivity contribution in [2.75, 3.05) is 7.11 Å². The predicted molar refractivity (Wildman–Crippen MR) is 89.6 cm³/mol. The number of cyclic esters (lactones) is 1. The second kappa shape index (κ2) is 6.52. The van der Waals surface area contributed by atoms with E-state index in [0.29, 0.717) is 16.9 Å². The molecule has 0 bridgehead atoms. The first-order chi connectivity index (χ1) is 12.0. The number of aliphatic hydroxyl groups is 1. The molecule has 1 aliphatic rings. The summed E-state index contributed by atoms with van der Waals surface area (Å²) in [5.41, 5.74) is 0.346. The quantitative estimate of drug-likeness (QED) is 0.657. The van der Waals surface area contributed by atoms with Gasteiger partial charge in [0.05, 0.1) is 7.11 Å². The van der Waals surface area contributed by atoms with Crippen molar-refractivity contribution in [3.05, 3.63) is 77.2 Å². The van der Waals surface area contributed by atoms with Crippen molar-refractivity contribution in [3.8, 4) is 5.75 Å². The van der Waals surface area contributed by atoms with Gasteiger partial charge in [-0.2, -0.15) is 0 Å². The summed E-state index contributed by atoms with van der Waals surface area (Å²) in [5.74, 6) is -2.41. The Labute approximate surface area is 143 Å². The van der Waals surface area contributed by atoms with Crippen LogP contribution in [0, 0.1) is 0 Å². The molecule has 3 rings (SSSR count). The molecule has 0 unspecified atom stereocenters. The van der Waals surface area contributed by atoms with Crippen LogP contribution < -0.4 is 4.74 Å². The maximum absolute atomic E-state index is 12.2. The van der Waals surface area contributed by atoms with Gasteiger partial charge < -0.3 is 19.7 Å². The molecule has 0 atom stereocenters. The van der Waals surface area contributed by atoms with Gasteiger partial charge in [0, 0.05) is 0 Å². The standard InChI is InChI=1S/C19H14O6/c1-24-13-9-7-12(8-10-13)14-16(20)17(25-19(14)23)15(18(21)22)11-5-3-2-4-6-11/h2-10,20H,1H3,(H,21,22). The van der Waals surface area contributed by atoms with Gasteiger partial charge >= 0.3 is 11.9 Å². The molecule has 2 N–H and O–H groups in total. The summed E-state index contributed by atoms with van der Waals surface area (Å²) < 4.78 is 10.1. The Balaban J connectivity index is 2.16. The SMILES string of the molecule is COc1ccc(C2=C(O)C(=C(C(=O)O)c3ccccc3)OC2=O)cc1. The first-order valence-electron chi connectivity index (χ1n) is 7.36. The third-order valence-corrected chi connectivity index (χ3v) is 3.73. The number of carbonyl (C=O) groups is 2. The van der Waals surface area contributed by atoms with Gasteiger partial charge in [0.2, 0.25) is 0 Å². The number of aliphatic carboxylic acids is 1. The molecule has 6 heteroatoms. The normalized spacial score (nSPS) is 15.8. The number of carboxylic acid groups (broad SMARTS) is 1. The molecule has 0 radical (unpaired) electrons. The number of carboxylic acids is 1. The molecule has 1 aliphatic heterocycles. The Kier molecular flexibility index (Phi) is 4.26. The molecule has 0 aromatic heterocycles. The second-order valence-electron chi connectivity index (χ2n) is 5.22. The van der Waals surface area contributed by atoms with Crippen LogP contribution in [-0.2, 0) is 14.3 Å². The van der Waals surface area contributed by atoms with E-state index in [0.717, 1.165) is 0 Å². The summed E-state index contributed by atoms with van der Waals surface area (Å²) in [6.07, 6.45) is 0. The first-order valence-corrected chi connectivity index (χ1v) is 7.36. The molecule has 126 valence electrons. The van der Waals surface area contributed by atoms with Crippen LogP contribution in [0.2, 0.25) is 0 Å². The van der Waals surface area contributed by atoms with Gasteiger partial charge in [-0.05, 0) is 23.3 Å². The highest BCUT2D eigenvalue weighted by Crippen LogP contribution is 2.36. The molecule has 0 saturated carbocycles. The highest BCUT2D eigenvalue weighted by molar-refractivity contribution is 6.25. The smallest absolute Gasteiger partial charge is 0.348 e. The van der Waals surface area contributed by atoms with Gasteiger partial charge in [0.25, 0.3) is 0 Å². The highest BCUT2D eigenvalue weighted by atomic mass is 16.6. The lowest BCUT2D eigenvalue weighted by molar-refractivity contribution is -0.131. The third-order valence-electron chi connectivity index (χ3n) is 3.73. The second-order valence-corrected chi connectivity index (χ2v) is 5.22. The van der Waals surface area contributed by atoms with Crippen molar-refractivity contribution >= 4 is 23.1 Å². The lowest BCUT2D eigenvalue weighted by Gasteiger charge is -2.06. The van der Waals surface area contributed by atoms with Gasteiger partial charge in [0.1, 0.15) is 16.9 Å². The Morgan fingerprint density at radius 3 is 2.24 bits per heavy atom. The number of benzene rings is 2. The number of ether oxygens (including phenoxy) is 2. The summed E-state index contributed by atoms with van der Waals surface area (Å²) in [7, 11) is 1.51. The molecule has 6 nitrogen and oxygen atoms in total. The zero-order chi connectivity index (χ0) is 18.0. The van der Waals surface area contributed by atoms with Crippen molar-refractivity contribution in [2.24, 2.45) is 0 Å². The van der Waals surface area contributed by atoms with Crippen molar-refractivity contribution in [1.29, 1.82) is 0 Å². The third kappa shape index (κ3) is 2.97. The number of methoxy groups -OCH3 is 1. The fourth-order valence-corrected chi connectivity index (χ4v) is 2.54. The van der Waals surface area contributed by atoms with E-state index in [1.807, 2.05) is 0 Å². The predicted octanol–water partition coefficient (Wildman–Crippen LogP) is 3.02. The maximum Gasteiger partial charge on any atom is 0.348 e. The summed E-state index contributed by atoms with van der Waals surface area (Å²) in [6.45, 7) is 0. The number of rotatable bonds is 4. The molecule has 2 aromatic carbocycles. The van der Waals surface area contributed by atoms with Crippen molar-refractivity contribution < 1.29 is 29.3 Å². The van der Waals surface area contributed by atoms with Gasteiger partial charge in [-0.25, -0.2) is 9.59 Å². The number of hydrogen-bond donors (Lipinski definition) is 2. The average Bonchev–Trinajstić information content (AvgIpc) is 2.90. The van der Waals surface area contributed by atoms with Crippen LogP contribution in [0.3, 0.4) is 0 Å². The monoisotopic (exact) mass is 338 g/mol. The molecule has 0 saturated heterocycles. The van der Waals surface area contributed by atoms with Crippen LogP contribution in [0.5, 0.6) is 5.75 Å². The Bertz CT molecular complexity index is 891. The number of aliphatic hydroxyl groups excluding tert-OH is 1. The van der Waals surface area contributed by atoms with Crippen molar-refractivity contribution in [1.82, 2.24) is 0 Å². The largest absolute Gasteiger partial charge is 0.504 e. The van der Waals surface area contributed by atoms with E-state index in [2.05, 4.69) is 0 Å². The van der Waals surface area contributed by atoms with Crippen LogP contribution in [0.25, 0.3) is 11.1 Å². The highest BCUT2D eigenvalue weighted by Gasteiger charge is 2.35. The van der Waals surface area contributed by atoms with E-state index in [1.165, 1.54) is 7.11 Å². The van der Waals surface area contributed by atoms with E-state index in [-0.39, 0.29) is 16.9 Å². The van der Waals surface area contributed by atoms with Crippen LogP contribution in [0.4, 0.5) is 0 Å². The fraction of sp³-hybridized carbons (Fsp3) is 0.0526. The van der Waals surface area contributed by atoms with E-state index in [4.69, 9.17) is 9.47 Å². The Hall–Kier alpha value is -3.54. The molecule has 25 heavy (non-hydrogen) atoms. The Morgan fingerprint density at radius 2 is 1.68 bits per heavy atom. The molecular formula is C19H14O6. The van der Waals surface area contributed by atoms with Crippen LogP contribution >= 0.6 is 0 Å². The molecule has 0 amide bonds. The number of carbonyl (C=O) groups excluding carboxylic acids is 1. The summed E-state index contributed by atoms with van der Waals surface area (Å²) in [5, 5.41) is 20.0. The minimum absolute atomic E-state index is 0.0904. The zero-order valence-corrected chi connectivity index (χ0v) is 13.2. The van der Waals surface area contributed by atoms with Gasteiger partial charge in [0.15, 0.2) is 11.5 Å². The average molecular weight is 338 g/mol. The van der Waals surface area contributed by atoms with E-state index < -0.39 is 17.7 Å². The minimum atomic E-state index is -1.31. The van der Waals surface area contributed by atoms with Crippen LogP contribution in [-0.4, -0.2) is 29.3 Å². The molecule has 2 aromatic rings. The molecule has 0 aliphatic carbocycles. The topological polar surface area (TPSA) is 93.1 Å². The van der Waals surface area contributed by atoms with Gasteiger partial charge in [-0.15, -0.1) is 0 Å². The van der Waals surface area contributed by atoms with Gasteiger partial charge in [-0.1, -0.05) is 42.5 Å². The van der Waals surface area contributed by atoms with Crippen LogP contribution in [0.15, 0.2) is 66.1 Å². The summed E-state index contributed by atoms with van der Waals surface area (Å²) in [6, 6.07) is 14.6. The number of esters is 1. The van der Waals surface area contributed by atoms with Gasteiger partial charge in [-0.3, -0.25) is 0 Å². The molecule has 0 fully saturated rings. The van der Waals surface area contributed by atoms with Crippen molar-refractivity contribution in [3.63, 3.8) is 0 Å².